The van der Waals surface area contributed by atoms with Gasteiger partial charge < -0.3 is 0 Å². The molecule has 25 heavy (non-hydrogen) atoms. The van der Waals surface area contributed by atoms with Gasteiger partial charge in [-0.2, -0.15) is 5.26 Å². The third-order valence-electron chi connectivity index (χ3n) is 4.61. The first-order chi connectivity index (χ1) is 12.2. The van der Waals surface area contributed by atoms with Gasteiger partial charge in [0.2, 0.25) is 0 Å². The van der Waals surface area contributed by atoms with Crippen LogP contribution in [0, 0.1) is 11.3 Å². The molecular formula is C19H16ClN3OS. The minimum Gasteiger partial charge on any atom is -0.292 e. The monoisotopic (exact) mass is 369 g/mol. The maximum atomic E-state index is 13.3. The molecule has 0 fully saturated rings. The van der Waals surface area contributed by atoms with Crippen molar-refractivity contribution in [2.24, 2.45) is 0 Å². The summed E-state index contributed by atoms with van der Waals surface area (Å²) in [5, 5.41) is 10.2. The van der Waals surface area contributed by atoms with E-state index in [0.717, 1.165) is 35.0 Å². The summed E-state index contributed by atoms with van der Waals surface area (Å²) < 4.78 is 1.70. The quantitative estimate of drug-likeness (QED) is 0.633. The van der Waals surface area contributed by atoms with Crippen molar-refractivity contribution >= 4 is 33.2 Å². The van der Waals surface area contributed by atoms with Crippen molar-refractivity contribution in [2.45, 2.75) is 38.6 Å². The van der Waals surface area contributed by atoms with Crippen molar-refractivity contribution in [3.63, 3.8) is 0 Å². The van der Waals surface area contributed by atoms with E-state index in [-0.39, 0.29) is 5.56 Å². The number of halogens is 1. The number of rotatable bonds is 4. The van der Waals surface area contributed by atoms with Crippen molar-refractivity contribution in [3.05, 3.63) is 50.1 Å². The van der Waals surface area contributed by atoms with Crippen LogP contribution in [0.15, 0.2) is 29.1 Å². The van der Waals surface area contributed by atoms with Crippen LogP contribution in [0.2, 0.25) is 5.02 Å². The number of nitrogens with zero attached hydrogens (tertiary/aromatic N) is 3. The van der Waals surface area contributed by atoms with Crippen LogP contribution in [0.4, 0.5) is 0 Å². The number of nitriles is 1. The molecule has 1 aromatic carbocycles. The Labute approximate surface area is 154 Å². The molecule has 4 nitrogen and oxygen atoms in total. The number of unbranched alkanes of at least 4 members (excludes halogenated alkanes) is 1. The smallest absolute Gasteiger partial charge is 0.262 e. The van der Waals surface area contributed by atoms with Gasteiger partial charge in [-0.3, -0.25) is 9.36 Å². The second-order valence-electron chi connectivity index (χ2n) is 6.17. The van der Waals surface area contributed by atoms with Crippen molar-refractivity contribution in [1.82, 2.24) is 9.55 Å². The summed E-state index contributed by atoms with van der Waals surface area (Å²) in [6.07, 6.45) is 4.13. The average molecular weight is 370 g/mol. The number of hydrogen-bond donors (Lipinski definition) is 0. The number of fused-ring (bicyclic) bond motifs is 3. The number of aromatic nitrogens is 2. The molecule has 6 heteroatoms. The maximum Gasteiger partial charge on any atom is 0.262 e. The molecule has 0 spiro atoms. The highest BCUT2D eigenvalue weighted by Crippen LogP contribution is 2.36. The van der Waals surface area contributed by atoms with Crippen LogP contribution in [-0.4, -0.2) is 9.55 Å². The molecule has 0 amide bonds. The van der Waals surface area contributed by atoms with Crippen molar-refractivity contribution < 1.29 is 0 Å². The van der Waals surface area contributed by atoms with Crippen LogP contribution < -0.4 is 5.56 Å². The van der Waals surface area contributed by atoms with Gasteiger partial charge in [-0.1, -0.05) is 23.7 Å². The number of aryl methyl sites for hydroxylation is 2. The summed E-state index contributed by atoms with van der Waals surface area (Å²) in [5.41, 5.74) is 1.93. The molecule has 0 radical (unpaired) electrons. The summed E-state index contributed by atoms with van der Waals surface area (Å²) in [7, 11) is 0. The zero-order chi connectivity index (χ0) is 17.4. The molecule has 0 atom stereocenters. The van der Waals surface area contributed by atoms with Crippen LogP contribution in [0.25, 0.3) is 21.6 Å². The minimum atomic E-state index is -0.00254. The van der Waals surface area contributed by atoms with Gasteiger partial charge >= 0.3 is 0 Å². The molecule has 126 valence electrons. The van der Waals surface area contributed by atoms with Gasteiger partial charge in [0.1, 0.15) is 10.7 Å². The second kappa shape index (κ2) is 6.62. The van der Waals surface area contributed by atoms with E-state index in [9.17, 15) is 4.79 Å². The standard InChI is InChI=1S/C19H16ClN3OS/c20-14-8-2-1-6-12(14)17-22-18-16(13-7-5-9-15(13)25-18)19(24)23(17)11-4-3-10-21/h1-2,6,8H,3-5,7,9,11H2. The van der Waals surface area contributed by atoms with Crippen molar-refractivity contribution in [2.75, 3.05) is 0 Å². The Morgan fingerprint density at radius 2 is 2.16 bits per heavy atom. The highest BCUT2D eigenvalue weighted by molar-refractivity contribution is 7.18. The molecule has 1 aliphatic rings. The fourth-order valence-corrected chi connectivity index (χ4v) is 4.92. The van der Waals surface area contributed by atoms with Gasteiger partial charge in [0.15, 0.2) is 0 Å². The van der Waals surface area contributed by atoms with Gasteiger partial charge in [-0.05, 0) is 43.4 Å². The van der Waals surface area contributed by atoms with E-state index in [2.05, 4.69) is 6.07 Å². The highest BCUT2D eigenvalue weighted by atomic mass is 35.5. The number of benzene rings is 1. The molecule has 0 N–H and O–H groups in total. The summed E-state index contributed by atoms with van der Waals surface area (Å²) in [6.45, 7) is 0.473. The van der Waals surface area contributed by atoms with E-state index in [1.54, 1.807) is 22.0 Å². The number of thiophene rings is 1. The zero-order valence-electron chi connectivity index (χ0n) is 13.6. The van der Waals surface area contributed by atoms with Gasteiger partial charge in [0, 0.05) is 23.4 Å². The van der Waals surface area contributed by atoms with E-state index >= 15 is 0 Å². The van der Waals surface area contributed by atoms with E-state index in [4.69, 9.17) is 21.8 Å². The Balaban J connectivity index is 1.97. The largest absolute Gasteiger partial charge is 0.292 e. The SMILES string of the molecule is N#CCCCn1c(-c2ccccc2Cl)nc2sc3c(c2c1=O)CCC3. The average Bonchev–Trinajstić information content (AvgIpc) is 3.18. The molecule has 0 saturated heterocycles. The molecule has 0 bridgehead atoms. The van der Waals surface area contributed by atoms with E-state index in [1.807, 2.05) is 18.2 Å². The third-order valence-corrected chi connectivity index (χ3v) is 6.13. The lowest BCUT2D eigenvalue weighted by molar-refractivity contribution is 0.634. The summed E-state index contributed by atoms with van der Waals surface area (Å²) in [6, 6.07) is 9.59. The van der Waals surface area contributed by atoms with Gasteiger partial charge in [-0.25, -0.2) is 4.98 Å². The zero-order valence-corrected chi connectivity index (χ0v) is 15.2. The fourth-order valence-electron chi connectivity index (χ4n) is 3.45. The predicted octanol–water partition coefficient (Wildman–Crippen LogP) is 4.57. The fraction of sp³-hybridized carbons (Fsp3) is 0.316. The molecular weight excluding hydrogens is 354 g/mol. The Bertz CT molecular complexity index is 1060. The van der Waals surface area contributed by atoms with E-state index < -0.39 is 0 Å². The molecule has 3 aromatic rings. The first-order valence-corrected chi connectivity index (χ1v) is 9.57. The first-order valence-electron chi connectivity index (χ1n) is 8.37. The Morgan fingerprint density at radius 1 is 1.32 bits per heavy atom. The normalized spacial score (nSPS) is 13.1. The molecule has 4 rings (SSSR count). The summed E-state index contributed by atoms with van der Waals surface area (Å²) in [4.78, 5) is 20.2. The molecule has 0 saturated carbocycles. The van der Waals surface area contributed by atoms with E-state index in [0.29, 0.717) is 30.2 Å². The van der Waals surface area contributed by atoms with E-state index in [1.165, 1.54) is 10.4 Å². The van der Waals surface area contributed by atoms with Gasteiger partial charge in [0.05, 0.1) is 16.5 Å². The van der Waals surface area contributed by atoms with Gasteiger partial charge in [-0.15, -0.1) is 11.3 Å². The minimum absolute atomic E-state index is 0.00254. The highest BCUT2D eigenvalue weighted by Gasteiger charge is 2.24. The first kappa shape index (κ1) is 16.3. The molecule has 1 aliphatic carbocycles. The van der Waals surface area contributed by atoms with Crippen LogP contribution >= 0.6 is 22.9 Å². The van der Waals surface area contributed by atoms with Crippen LogP contribution in [0.1, 0.15) is 29.7 Å². The molecule has 2 aromatic heterocycles. The molecule has 2 heterocycles. The van der Waals surface area contributed by atoms with Crippen molar-refractivity contribution in [3.8, 4) is 17.5 Å². The molecule has 0 unspecified atom stereocenters. The number of hydrogen-bond acceptors (Lipinski definition) is 4. The summed E-state index contributed by atoms with van der Waals surface area (Å²) in [5.74, 6) is 0.598. The Kier molecular flexibility index (Phi) is 4.32. The van der Waals surface area contributed by atoms with Crippen molar-refractivity contribution in [1.29, 1.82) is 5.26 Å². The Morgan fingerprint density at radius 3 is 2.96 bits per heavy atom. The van der Waals surface area contributed by atoms with Crippen LogP contribution in [-0.2, 0) is 19.4 Å². The topological polar surface area (TPSA) is 58.7 Å². The lowest BCUT2D eigenvalue weighted by Gasteiger charge is -2.13. The van der Waals surface area contributed by atoms with Crippen LogP contribution in [0.3, 0.4) is 0 Å². The lowest BCUT2D eigenvalue weighted by atomic mass is 10.1. The van der Waals surface area contributed by atoms with Crippen LogP contribution in [0.5, 0.6) is 0 Å². The Hall–Kier alpha value is -2.16. The maximum absolute atomic E-state index is 13.3. The third kappa shape index (κ3) is 2.76. The second-order valence-corrected chi connectivity index (χ2v) is 7.66. The predicted molar refractivity (Wildman–Crippen MR) is 101 cm³/mol. The lowest BCUT2D eigenvalue weighted by Crippen LogP contribution is -2.23. The molecule has 0 aliphatic heterocycles. The summed E-state index contributed by atoms with van der Waals surface area (Å²) >= 11 is 8.00. The van der Waals surface area contributed by atoms with Gasteiger partial charge in [0.25, 0.3) is 5.56 Å².